The lowest BCUT2D eigenvalue weighted by molar-refractivity contribution is -0.132. The smallest absolute Gasteiger partial charge is 0.252 e. The van der Waals surface area contributed by atoms with E-state index in [0.29, 0.717) is 49.9 Å². The lowest BCUT2D eigenvalue weighted by atomic mass is 9.94. The van der Waals surface area contributed by atoms with Gasteiger partial charge in [0.1, 0.15) is 5.82 Å². The molecule has 0 aromatic carbocycles. The maximum Gasteiger partial charge on any atom is 0.252 e. The fourth-order valence-corrected chi connectivity index (χ4v) is 3.47. The number of nitrogens with one attached hydrogen (secondary N) is 1. The first kappa shape index (κ1) is 16.7. The van der Waals surface area contributed by atoms with Crippen LogP contribution in [0.5, 0.6) is 0 Å². The van der Waals surface area contributed by atoms with Crippen LogP contribution in [0.1, 0.15) is 29.6 Å². The van der Waals surface area contributed by atoms with Crippen LogP contribution in [0.15, 0.2) is 18.3 Å². The van der Waals surface area contributed by atoms with Crippen molar-refractivity contribution >= 4 is 17.6 Å². The van der Waals surface area contributed by atoms with Crippen LogP contribution in [0, 0.1) is 5.92 Å². The summed E-state index contributed by atoms with van der Waals surface area (Å²) in [5, 5.41) is 3.33. The molecule has 0 unspecified atom stereocenters. The number of nitrogens with two attached hydrogens (primary N) is 1. The van der Waals surface area contributed by atoms with E-state index in [2.05, 4.69) is 10.3 Å². The van der Waals surface area contributed by atoms with Crippen molar-refractivity contribution in [2.24, 2.45) is 11.7 Å². The van der Waals surface area contributed by atoms with E-state index in [1.54, 1.807) is 18.3 Å². The SMILES string of the molecule is NC(=O)c1cccnc1N1CCN(C(=O)CC2CCNCC2)CC1. The van der Waals surface area contributed by atoms with Gasteiger partial charge >= 0.3 is 0 Å². The van der Waals surface area contributed by atoms with Crippen molar-refractivity contribution in [3.8, 4) is 0 Å². The van der Waals surface area contributed by atoms with Crippen molar-refractivity contribution in [3.63, 3.8) is 0 Å². The quantitative estimate of drug-likeness (QED) is 0.823. The number of piperazine rings is 1. The van der Waals surface area contributed by atoms with Crippen LogP contribution >= 0.6 is 0 Å². The van der Waals surface area contributed by atoms with Gasteiger partial charge in [-0.2, -0.15) is 0 Å². The van der Waals surface area contributed by atoms with Crippen LogP contribution in [0.4, 0.5) is 5.82 Å². The van der Waals surface area contributed by atoms with Gasteiger partial charge < -0.3 is 20.9 Å². The van der Waals surface area contributed by atoms with Crippen molar-refractivity contribution in [3.05, 3.63) is 23.9 Å². The van der Waals surface area contributed by atoms with Crippen LogP contribution in [-0.4, -0.2) is 61.0 Å². The normalized spacial score (nSPS) is 19.3. The number of carbonyl (C=O) groups excluding carboxylic acids is 2. The first-order chi connectivity index (χ1) is 11.6. The molecule has 0 radical (unpaired) electrons. The van der Waals surface area contributed by atoms with Gasteiger partial charge in [-0.15, -0.1) is 0 Å². The number of pyridine rings is 1. The predicted molar refractivity (Wildman–Crippen MR) is 91.8 cm³/mol. The van der Waals surface area contributed by atoms with Crippen LogP contribution < -0.4 is 16.0 Å². The standard InChI is InChI=1S/C17H25N5O2/c18-16(24)14-2-1-5-20-17(14)22-10-8-21(9-11-22)15(23)12-13-3-6-19-7-4-13/h1-2,5,13,19H,3-4,6-12H2,(H2,18,24). The lowest BCUT2D eigenvalue weighted by Gasteiger charge is -2.36. The molecule has 1 aromatic heterocycles. The number of amides is 2. The molecule has 2 fully saturated rings. The number of primary amides is 1. The molecule has 0 spiro atoms. The molecule has 3 N–H and O–H groups in total. The third-order valence-electron chi connectivity index (χ3n) is 4.91. The van der Waals surface area contributed by atoms with E-state index < -0.39 is 5.91 Å². The third-order valence-corrected chi connectivity index (χ3v) is 4.91. The Hall–Kier alpha value is -2.15. The highest BCUT2D eigenvalue weighted by molar-refractivity contribution is 5.97. The van der Waals surface area contributed by atoms with E-state index in [4.69, 9.17) is 5.73 Å². The minimum atomic E-state index is -0.470. The molecule has 0 saturated carbocycles. The van der Waals surface area contributed by atoms with Crippen molar-refractivity contribution in [2.75, 3.05) is 44.2 Å². The first-order valence-corrected chi connectivity index (χ1v) is 8.63. The Morgan fingerprint density at radius 3 is 2.58 bits per heavy atom. The second-order valence-corrected chi connectivity index (χ2v) is 6.50. The molecule has 2 aliphatic rings. The second kappa shape index (κ2) is 7.61. The summed E-state index contributed by atoms with van der Waals surface area (Å²) in [5.41, 5.74) is 5.86. The molecule has 0 atom stereocenters. The number of rotatable bonds is 4. The van der Waals surface area contributed by atoms with Gasteiger partial charge in [-0.1, -0.05) is 0 Å². The Morgan fingerprint density at radius 2 is 1.92 bits per heavy atom. The lowest BCUT2D eigenvalue weighted by Crippen LogP contribution is -2.50. The van der Waals surface area contributed by atoms with Crippen molar-refractivity contribution in [1.82, 2.24) is 15.2 Å². The third kappa shape index (κ3) is 3.84. The molecule has 7 heteroatoms. The van der Waals surface area contributed by atoms with Gasteiger partial charge in [-0.25, -0.2) is 4.98 Å². The van der Waals surface area contributed by atoms with Gasteiger partial charge in [0.25, 0.3) is 5.91 Å². The van der Waals surface area contributed by atoms with E-state index in [0.717, 1.165) is 25.9 Å². The van der Waals surface area contributed by atoms with Crippen LogP contribution in [0.2, 0.25) is 0 Å². The zero-order valence-electron chi connectivity index (χ0n) is 13.9. The fourth-order valence-electron chi connectivity index (χ4n) is 3.47. The summed E-state index contributed by atoms with van der Waals surface area (Å²) in [6.07, 6.45) is 4.48. The number of nitrogens with zero attached hydrogens (tertiary/aromatic N) is 3. The largest absolute Gasteiger partial charge is 0.365 e. The van der Waals surface area contributed by atoms with Gasteiger partial charge in [0.2, 0.25) is 5.91 Å². The van der Waals surface area contributed by atoms with Gasteiger partial charge in [0.05, 0.1) is 5.56 Å². The number of piperidine rings is 1. The molecule has 3 heterocycles. The minimum Gasteiger partial charge on any atom is -0.365 e. The maximum atomic E-state index is 12.5. The van der Waals surface area contributed by atoms with Crippen LogP contribution in [0.25, 0.3) is 0 Å². The summed E-state index contributed by atoms with van der Waals surface area (Å²) in [6, 6.07) is 3.40. The van der Waals surface area contributed by atoms with Crippen molar-refractivity contribution in [2.45, 2.75) is 19.3 Å². The Morgan fingerprint density at radius 1 is 1.21 bits per heavy atom. The molecular weight excluding hydrogens is 306 g/mol. The van der Waals surface area contributed by atoms with Crippen molar-refractivity contribution < 1.29 is 9.59 Å². The maximum absolute atomic E-state index is 12.5. The Labute approximate surface area is 142 Å². The molecule has 0 bridgehead atoms. The summed E-state index contributed by atoms with van der Waals surface area (Å²) in [7, 11) is 0. The average molecular weight is 331 g/mol. The molecule has 1 aromatic rings. The molecule has 7 nitrogen and oxygen atoms in total. The highest BCUT2D eigenvalue weighted by Gasteiger charge is 2.26. The summed E-state index contributed by atoms with van der Waals surface area (Å²) in [4.78, 5) is 32.3. The molecule has 2 saturated heterocycles. The summed E-state index contributed by atoms with van der Waals surface area (Å²) >= 11 is 0. The summed E-state index contributed by atoms with van der Waals surface area (Å²) in [5.74, 6) is 0.907. The van der Waals surface area contributed by atoms with Crippen LogP contribution in [-0.2, 0) is 4.79 Å². The molecular formula is C17H25N5O2. The number of hydrogen-bond acceptors (Lipinski definition) is 5. The topological polar surface area (TPSA) is 91.6 Å². The Balaban J connectivity index is 1.56. The van der Waals surface area contributed by atoms with Crippen molar-refractivity contribution in [1.29, 1.82) is 0 Å². The Kier molecular flexibility index (Phi) is 5.30. The molecule has 24 heavy (non-hydrogen) atoms. The number of hydrogen-bond donors (Lipinski definition) is 2. The first-order valence-electron chi connectivity index (χ1n) is 8.63. The monoisotopic (exact) mass is 331 g/mol. The molecule has 2 aliphatic heterocycles. The Bertz CT molecular complexity index is 592. The van der Waals surface area contributed by atoms with Gasteiger partial charge in [-0.3, -0.25) is 9.59 Å². The van der Waals surface area contributed by atoms with E-state index in [9.17, 15) is 9.59 Å². The second-order valence-electron chi connectivity index (χ2n) is 6.50. The van der Waals surface area contributed by atoms with Gasteiger partial charge in [0.15, 0.2) is 0 Å². The average Bonchev–Trinajstić information content (AvgIpc) is 2.62. The molecule has 130 valence electrons. The number of aromatic nitrogens is 1. The zero-order valence-corrected chi connectivity index (χ0v) is 13.9. The zero-order chi connectivity index (χ0) is 16.9. The van der Waals surface area contributed by atoms with E-state index in [1.807, 2.05) is 9.80 Å². The van der Waals surface area contributed by atoms with Gasteiger partial charge in [-0.05, 0) is 44.0 Å². The van der Waals surface area contributed by atoms with Gasteiger partial charge in [0, 0.05) is 38.8 Å². The predicted octanol–water partition coefficient (Wildman–Crippen LogP) is 0.219. The van der Waals surface area contributed by atoms with Crippen LogP contribution in [0.3, 0.4) is 0 Å². The summed E-state index contributed by atoms with van der Waals surface area (Å²) < 4.78 is 0. The van der Waals surface area contributed by atoms with E-state index in [1.165, 1.54) is 0 Å². The fraction of sp³-hybridized carbons (Fsp3) is 0.588. The summed E-state index contributed by atoms with van der Waals surface area (Å²) in [6.45, 7) is 4.71. The van der Waals surface area contributed by atoms with E-state index in [-0.39, 0.29) is 5.91 Å². The number of carbonyl (C=O) groups is 2. The van der Waals surface area contributed by atoms with E-state index >= 15 is 0 Å². The molecule has 2 amide bonds. The molecule has 0 aliphatic carbocycles. The molecule has 3 rings (SSSR count). The highest BCUT2D eigenvalue weighted by atomic mass is 16.2. The minimum absolute atomic E-state index is 0.248. The number of anilines is 1. The highest BCUT2D eigenvalue weighted by Crippen LogP contribution is 2.21.